The maximum Gasteiger partial charge on any atom is 0.330 e. The highest BCUT2D eigenvalue weighted by Gasteiger charge is 2.43. The topological polar surface area (TPSA) is 26.3 Å². The summed E-state index contributed by atoms with van der Waals surface area (Å²) in [6.45, 7) is 4.39. The van der Waals surface area contributed by atoms with Crippen molar-refractivity contribution >= 4 is 5.97 Å². The Bertz CT molecular complexity index is 192. The second-order valence-corrected chi connectivity index (χ2v) is 3.68. The maximum absolute atomic E-state index is 10.6. The Morgan fingerprint density at radius 3 is 2.55 bits per heavy atom. The van der Waals surface area contributed by atoms with E-state index >= 15 is 0 Å². The summed E-state index contributed by atoms with van der Waals surface area (Å²) in [5, 5.41) is 0. The number of carbonyl (C=O) groups excluding carboxylic acids is 1. The molecule has 2 nitrogen and oxygen atoms in total. The summed E-state index contributed by atoms with van der Waals surface area (Å²) in [6, 6.07) is 0. The van der Waals surface area contributed by atoms with Crippen LogP contribution in [0.3, 0.4) is 0 Å². The van der Waals surface area contributed by atoms with E-state index in [9.17, 15) is 4.79 Å². The highest BCUT2D eigenvalue weighted by molar-refractivity contribution is 5.81. The van der Waals surface area contributed by atoms with Crippen LogP contribution in [0, 0.1) is 11.3 Å². The van der Waals surface area contributed by atoms with Crippen LogP contribution >= 0.6 is 0 Å². The van der Waals surface area contributed by atoms with Crippen LogP contribution < -0.4 is 0 Å². The summed E-state index contributed by atoms with van der Waals surface area (Å²) in [6.07, 6.45) is 4.63. The Morgan fingerprint density at radius 2 is 2.18 bits per heavy atom. The molecule has 0 aliphatic heterocycles. The van der Waals surface area contributed by atoms with Crippen molar-refractivity contribution < 1.29 is 9.53 Å². The highest BCUT2D eigenvalue weighted by Crippen LogP contribution is 2.52. The third-order valence-corrected chi connectivity index (χ3v) is 2.26. The fraction of sp³-hybridized carbons (Fsp3) is 0.667. The van der Waals surface area contributed by atoms with Crippen LogP contribution in [0.1, 0.15) is 20.3 Å². The average molecular weight is 154 g/mol. The molecule has 0 saturated heterocycles. The Kier molecular flexibility index (Phi) is 2.03. The van der Waals surface area contributed by atoms with Crippen molar-refractivity contribution in [3.8, 4) is 0 Å². The molecule has 2 heteroatoms. The van der Waals surface area contributed by atoms with Crippen molar-refractivity contribution in [1.29, 1.82) is 0 Å². The Morgan fingerprint density at radius 1 is 1.64 bits per heavy atom. The zero-order chi connectivity index (χ0) is 8.48. The average Bonchev–Trinajstić information content (AvgIpc) is 2.54. The predicted octanol–water partition coefficient (Wildman–Crippen LogP) is 1.76. The number of carbonyl (C=O) groups is 1. The van der Waals surface area contributed by atoms with E-state index < -0.39 is 0 Å². The minimum Gasteiger partial charge on any atom is -0.466 e. The molecule has 1 aliphatic rings. The van der Waals surface area contributed by atoms with E-state index in [2.05, 4.69) is 18.6 Å². The van der Waals surface area contributed by atoms with Gasteiger partial charge in [-0.2, -0.15) is 0 Å². The SMILES string of the molecule is COC(=O)/C=C/C1CC1(C)C. The van der Waals surface area contributed by atoms with Gasteiger partial charge in [-0.05, 0) is 17.8 Å². The van der Waals surface area contributed by atoms with E-state index in [1.165, 1.54) is 19.6 Å². The molecule has 1 fully saturated rings. The Hall–Kier alpha value is -0.790. The molecule has 0 aromatic heterocycles. The van der Waals surface area contributed by atoms with Crippen LogP contribution in [0.15, 0.2) is 12.2 Å². The third-order valence-electron chi connectivity index (χ3n) is 2.26. The van der Waals surface area contributed by atoms with Crippen LogP contribution in [0.4, 0.5) is 0 Å². The van der Waals surface area contributed by atoms with Crippen LogP contribution in [0.2, 0.25) is 0 Å². The van der Waals surface area contributed by atoms with Gasteiger partial charge < -0.3 is 4.74 Å². The summed E-state index contributed by atoms with van der Waals surface area (Å²) in [5.74, 6) is 0.314. The number of allylic oxidation sites excluding steroid dienone is 1. The molecule has 11 heavy (non-hydrogen) atoms. The highest BCUT2D eigenvalue weighted by atomic mass is 16.5. The van der Waals surface area contributed by atoms with Gasteiger partial charge in [-0.1, -0.05) is 19.9 Å². The number of ether oxygens (including phenoxy) is 1. The van der Waals surface area contributed by atoms with Crippen molar-refractivity contribution in [3.05, 3.63) is 12.2 Å². The Labute approximate surface area is 67.2 Å². The number of esters is 1. The van der Waals surface area contributed by atoms with Crippen molar-refractivity contribution in [2.45, 2.75) is 20.3 Å². The summed E-state index contributed by atoms with van der Waals surface area (Å²) < 4.78 is 4.47. The molecule has 1 rings (SSSR count). The number of methoxy groups -OCH3 is 1. The lowest BCUT2D eigenvalue weighted by molar-refractivity contribution is -0.134. The van der Waals surface area contributed by atoms with E-state index in [-0.39, 0.29) is 5.97 Å². The maximum atomic E-state index is 10.6. The molecule has 1 saturated carbocycles. The number of hydrogen-bond donors (Lipinski definition) is 0. The molecule has 0 bridgehead atoms. The van der Waals surface area contributed by atoms with Gasteiger partial charge >= 0.3 is 5.97 Å². The van der Waals surface area contributed by atoms with E-state index in [1.807, 2.05) is 6.08 Å². The molecule has 1 atom stereocenters. The van der Waals surface area contributed by atoms with Gasteiger partial charge in [0.2, 0.25) is 0 Å². The first kappa shape index (κ1) is 8.31. The molecule has 1 aliphatic carbocycles. The van der Waals surface area contributed by atoms with Gasteiger partial charge in [-0.15, -0.1) is 0 Å². The smallest absolute Gasteiger partial charge is 0.330 e. The zero-order valence-electron chi connectivity index (χ0n) is 7.26. The summed E-state index contributed by atoms with van der Waals surface area (Å²) in [5.41, 5.74) is 0.407. The molecule has 0 spiro atoms. The molecule has 0 N–H and O–H groups in total. The molecule has 0 radical (unpaired) electrons. The van der Waals surface area contributed by atoms with Gasteiger partial charge in [0.15, 0.2) is 0 Å². The molecular formula is C9H14O2. The monoisotopic (exact) mass is 154 g/mol. The third kappa shape index (κ3) is 2.07. The molecule has 0 amide bonds. The quantitative estimate of drug-likeness (QED) is 0.447. The fourth-order valence-corrected chi connectivity index (χ4v) is 1.10. The van der Waals surface area contributed by atoms with Crippen LogP contribution in [-0.2, 0) is 9.53 Å². The first-order chi connectivity index (χ1) is 5.06. The van der Waals surface area contributed by atoms with E-state index in [0.29, 0.717) is 11.3 Å². The largest absolute Gasteiger partial charge is 0.466 e. The normalized spacial score (nSPS) is 27.0. The van der Waals surface area contributed by atoms with Gasteiger partial charge in [0.25, 0.3) is 0 Å². The lowest BCUT2D eigenvalue weighted by Gasteiger charge is -1.95. The molecule has 0 aromatic carbocycles. The lowest BCUT2D eigenvalue weighted by Crippen LogP contribution is -1.94. The second kappa shape index (κ2) is 2.68. The fourth-order valence-electron chi connectivity index (χ4n) is 1.10. The summed E-state index contributed by atoms with van der Waals surface area (Å²) in [4.78, 5) is 10.6. The molecule has 62 valence electrons. The zero-order valence-corrected chi connectivity index (χ0v) is 7.26. The first-order valence-corrected chi connectivity index (χ1v) is 3.82. The van der Waals surface area contributed by atoms with Gasteiger partial charge in [0, 0.05) is 6.08 Å². The van der Waals surface area contributed by atoms with E-state index in [0.717, 1.165) is 0 Å². The van der Waals surface area contributed by atoms with Crippen molar-refractivity contribution in [2.24, 2.45) is 11.3 Å². The Balaban J connectivity index is 2.33. The molecular weight excluding hydrogens is 140 g/mol. The van der Waals surface area contributed by atoms with Gasteiger partial charge in [0.05, 0.1) is 7.11 Å². The molecule has 0 aromatic rings. The van der Waals surface area contributed by atoms with E-state index in [4.69, 9.17) is 0 Å². The van der Waals surface area contributed by atoms with Crippen molar-refractivity contribution in [1.82, 2.24) is 0 Å². The van der Waals surface area contributed by atoms with Gasteiger partial charge in [0.1, 0.15) is 0 Å². The number of rotatable bonds is 2. The van der Waals surface area contributed by atoms with Crippen molar-refractivity contribution in [3.63, 3.8) is 0 Å². The summed E-state index contributed by atoms with van der Waals surface area (Å²) in [7, 11) is 1.39. The van der Waals surface area contributed by atoms with Gasteiger partial charge in [-0.25, -0.2) is 4.79 Å². The summed E-state index contributed by atoms with van der Waals surface area (Å²) >= 11 is 0. The van der Waals surface area contributed by atoms with Gasteiger partial charge in [-0.3, -0.25) is 0 Å². The van der Waals surface area contributed by atoms with Crippen LogP contribution in [0.5, 0.6) is 0 Å². The van der Waals surface area contributed by atoms with E-state index in [1.54, 1.807) is 0 Å². The molecule has 0 heterocycles. The minimum atomic E-state index is -0.257. The number of hydrogen-bond acceptors (Lipinski definition) is 2. The predicted molar refractivity (Wildman–Crippen MR) is 43.0 cm³/mol. The van der Waals surface area contributed by atoms with Crippen LogP contribution in [0.25, 0.3) is 0 Å². The van der Waals surface area contributed by atoms with Crippen LogP contribution in [-0.4, -0.2) is 13.1 Å². The molecule has 1 unspecified atom stereocenters. The second-order valence-electron chi connectivity index (χ2n) is 3.68. The minimum absolute atomic E-state index is 0.257. The van der Waals surface area contributed by atoms with Crippen molar-refractivity contribution in [2.75, 3.05) is 7.11 Å². The lowest BCUT2D eigenvalue weighted by atomic mass is 10.1. The first-order valence-electron chi connectivity index (χ1n) is 3.82. The standard InChI is InChI=1S/C9H14O2/c1-9(2)6-7(9)4-5-8(10)11-3/h4-5,7H,6H2,1-3H3/b5-4+.